The van der Waals surface area contributed by atoms with Crippen molar-refractivity contribution >= 4 is 0 Å². The molecule has 72 valence electrons. The summed E-state index contributed by atoms with van der Waals surface area (Å²) in [6.07, 6.45) is -0.929. The summed E-state index contributed by atoms with van der Waals surface area (Å²) in [6.45, 7) is 3.40. The fraction of sp³-hybridized carbons (Fsp3) is 0.400. The molecule has 1 aromatic rings. The molecule has 0 spiro atoms. The molecule has 0 radical (unpaired) electrons. The molecule has 1 aromatic carbocycles. The lowest BCUT2D eigenvalue weighted by molar-refractivity contribution is 0.148. The van der Waals surface area contributed by atoms with E-state index in [1.54, 1.807) is 26.0 Å². The van der Waals surface area contributed by atoms with Gasteiger partial charge in [0.2, 0.25) is 0 Å². The van der Waals surface area contributed by atoms with Gasteiger partial charge in [0.25, 0.3) is 0 Å². The van der Waals surface area contributed by atoms with Crippen LogP contribution < -0.4 is 5.73 Å². The molecule has 0 fully saturated rings. The maximum Gasteiger partial charge on any atom is 0.129 e. The molecule has 2 atom stereocenters. The van der Waals surface area contributed by atoms with Gasteiger partial charge in [-0.3, -0.25) is 0 Å². The number of aliphatic hydroxyl groups excluding tert-OH is 1. The predicted molar refractivity (Wildman–Crippen MR) is 49.7 cm³/mol. The van der Waals surface area contributed by atoms with Crippen LogP contribution in [0.25, 0.3) is 0 Å². The highest BCUT2D eigenvalue weighted by Gasteiger charge is 2.18. The van der Waals surface area contributed by atoms with Crippen LogP contribution in [-0.4, -0.2) is 11.1 Å². The van der Waals surface area contributed by atoms with Crippen molar-refractivity contribution in [3.63, 3.8) is 0 Å². The number of rotatable bonds is 2. The quantitative estimate of drug-likeness (QED) is 0.730. The number of halogens is 1. The molecule has 1 rings (SSSR count). The highest BCUT2D eigenvalue weighted by atomic mass is 19.1. The predicted octanol–water partition coefficient (Wildman–Crippen LogP) is 1.51. The smallest absolute Gasteiger partial charge is 0.129 e. The van der Waals surface area contributed by atoms with Crippen molar-refractivity contribution < 1.29 is 9.50 Å². The zero-order valence-electron chi connectivity index (χ0n) is 7.79. The molecule has 2 nitrogen and oxygen atoms in total. The summed E-state index contributed by atoms with van der Waals surface area (Å²) in [4.78, 5) is 0. The molecule has 0 aromatic heterocycles. The van der Waals surface area contributed by atoms with Crippen LogP contribution in [0.1, 0.15) is 24.2 Å². The van der Waals surface area contributed by atoms with Crippen LogP contribution in [0.3, 0.4) is 0 Å². The fourth-order valence-electron chi connectivity index (χ4n) is 1.28. The highest BCUT2D eigenvalue weighted by Crippen LogP contribution is 2.22. The SMILES string of the molecule is Cc1cccc(F)c1[C@H](O)[C@@H](C)N. The maximum atomic E-state index is 13.2. The zero-order valence-corrected chi connectivity index (χ0v) is 7.79. The van der Waals surface area contributed by atoms with Gasteiger partial charge in [0, 0.05) is 11.6 Å². The van der Waals surface area contributed by atoms with Crippen LogP contribution in [0.4, 0.5) is 4.39 Å². The van der Waals surface area contributed by atoms with Gasteiger partial charge >= 0.3 is 0 Å². The summed E-state index contributed by atoms with van der Waals surface area (Å²) >= 11 is 0. The molecule has 0 aliphatic heterocycles. The van der Waals surface area contributed by atoms with Gasteiger partial charge in [0.1, 0.15) is 5.82 Å². The first-order valence-corrected chi connectivity index (χ1v) is 4.22. The topological polar surface area (TPSA) is 46.2 Å². The maximum absolute atomic E-state index is 13.2. The summed E-state index contributed by atoms with van der Waals surface area (Å²) in [5.74, 6) is -0.398. The molecule has 0 unspecified atom stereocenters. The highest BCUT2D eigenvalue weighted by molar-refractivity contribution is 5.30. The number of hydrogen-bond donors (Lipinski definition) is 2. The average Bonchev–Trinajstić information content (AvgIpc) is 2.03. The second-order valence-corrected chi connectivity index (χ2v) is 3.27. The molecule has 3 heteroatoms. The van der Waals surface area contributed by atoms with Gasteiger partial charge in [-0.25, -0.2) is 4.39 Å². The molecule has 0 heterocycles. The first-order valence-electron chi connectivity index (χ1n) is 4.22. The van der Waals surface area contributed by atoms with Crippen LogP contribution in [0, 0.1) is 12.7 Å². The Hall–Kier alpha value is -0.930. The molecule has 0 saturated heterocycles. The summed E-state index contributed by atoms with van der Waals surface area (Å²) in [6, 6.07) is 4.23. The standard InChI is InChI=1S/C10H14FNO/c1-6-4-3-5-8(11)9(6)10(13)7(2)12/h3-5,7,10,13H,12H2,1-2H3/t7-,10-/m1/s1. The van der Waals surface area contributed by atoms with Crippen molar-refractivity contribution in [1.82, 2.24) is 0 Å². The second kappa shape index (κ2) is 3.85. The molecule has 0 saturated carbocycles. The van der Waals surface area contributed by atoms with Gasteiger partial charge < -0.3 is 10.8 Å². The molecular formula is C10H14FNO. The van der Waals surface area contributed by atoms with Gasteiger partial charge in [-0.1, -0.05) is 12.1 Å². The minimum atomic E-state index is -0.929. The summed E-state index contributed by atoms with van der Waals surface area (Å²) in [5, 5.41) is 9.59. The fourth-order valence-corrected chi connectivity index (χ4v) is 1.28. The van der Waals surface area contributed by atoms with Crippen molar-refractivity contribution in [2.45, 2.75) is 26.0 Å². The first-order chi connectivity index (χ1) is 6.04. The Balaban J connectivity index is 3.12. The van der Waals surface area contributed by atoms with E-state index in [4.69, 9.17) is 5.73 Å². The van der Waals surface area contributed by atoms with E-state index in [2.05, 4.69) is 0 Å². The van der Waals surface area contributed by atoms with Crippen LogP contribution in [-0.2, 0) is 0 Å². The Labute approximate surface area is 77.2 Å². The lowest BCUT2D eigenvalue weighted by Crippen LogP contribution is -2.25. The van der Waals surface area contributed by atoms with Crippen LogP contribution in [0.15, 0.2) is 18.2 Å². The van der Waals surface area contributed by atoms with E-state index < -0.39 is 18.0 Å². The molecule has 0 amide bonds. The minimum Gasteiger partial charge on any atom is -0.387 e. The van der Waals surface area contributed by atoms with Gasteiger partial charge in [-0.15, -0.1) is 0 Å². The van der Waals surface area contributed by atoms with Gasteiger partial charge in [-0.05, 0) is 25.5 Å². The van der Waals surface area contributed by atoms with Crippen molar-refractivity contribution in [2.75, 3.05) is 0 Å². The summed E-state index contributed by atoms with van der Waals surface area (Å²) < 4.78 is 13.2. The van der Waals surface area contributed by atoms with Gasteiger partial charge in [0.15, 0.2) is 0 Å². The van der Waals surface area contributed by atoms with E-state index in [9.17, 15) is 9.50 Å². The molecule has 0 aliphatic rings. The van der Waals surface area contributed by atoms with Crippen molar-refractivity contribution in [2.24, 2.45) is 5.73 Å². The van der Waals surface area contributed by atoms with Crippen molar-refractivity contribution in [3.05, 3.63) is 35.1 Å². The number of aryl methyl sites for hydroxylation is 1. The third-order valence-corrected chi connectivity index (χ3v) is 2.06. The number of benzene rings is 1. The lowest BCUT2D eigenvalue weighted by Gasteiger charge is -2.17. The van der Waals surface area contributed by atoms with Crippen LogP contribution in [0.5, 0.6) is 0 Å². The zero-order chi connectivity index (χ0) is 10.0. The normalized spacial score (nSPS) is 15.5. The second-order valence-electron chi connectivity index (χ2n) is 3.27. The van der Waals surface area contributed by atoms with Crippen molar-refractivity contribution in [3.8, 4) is 0 Å². The van der Waals surface area contributed by atoms with E-state index >= 15 is 0 Å². The number of aliphatic hydroxyl groups is 1. The number of nitrogens with two attached hydrogens (primary N) is 1. The first kappa shape index (κ1) is 10.2. The Bertz CT molecular complexity index is 279. The minimum absolute atomic E-state index is 0.303. The third kappa shape index (κ3) is 2.05. The summed E-state index contributed by atoms with van der Waals surface area (Å²) in [5.41, 5.74) is 6.52. The molecule has 3 N–H and O–H groups in total. The molecule has 0 aliphatic carbocycles. The van der Waals surface area contributed by atoms with E-state index in [-0.39, 0.29) is 0 Å². The van der Waals surface area contributed by atoms with E-state index in [0.717, 1.165) is 5.56 Å². The number of hydrogen-bond acceptors (Lipinski definition) is 2. The Kier molecular flexibility index (Phi) is 3.01. The monoisotopic (exact) mass is 183 g/mol. The Morgan fingerprint density at radius 1 is 1.46 bits per heavy atom. The van der Waals surface area contributed by atoms with Crippen LogP contribution in [0.2, 0.25) is 0 Å². The van der Waals surface area contributed by atoms with Crippen LogP contribution >= 0.6 is 0 Å². The molecule has 13 heavy (non-hydrogen) atoms. The van der Waals surface area contributed by atoms with E-state index in [1.807, 2.05) is 0 Å². The molecule has 0 bridgehead atoms. The van der Waals surface area contributed by atoms with Gasteiger partial charge in [0.05, 0.1) is 6.10 Å². The van der Waals surface area contributed by atoms with E-state index in [0.29, 0.717) is 5.56 Å². The average molecular weight is 183 g/mol. The summed E-state index contributed by atoms with van der Waals surface area (Å²) in [7, 11) is 0. The largest absolute Gasteiger partial charge is 0.387 e. The Morgan fingerprint density at radius 2 is 2.08 bits per heavy atom. The lowest BCUT2D eigenvalue weighted by atomic mass is 9.99. The Morgan fingerprint density at radius 3 is 2.54 bits per heavy atom. The van der Waals surface area contributed by atoms with E-state index in [1.165, 1.54) is 6.07 Å². The van der Waals surface area contributed by atoms with Gasteiger partial charge in [-0.2, -0.15) is 0 Å². The third-order valence-electron chi connectivity index (χ3n) is 2.06. The molecular weight excluding hydrogens is 169 g/mol. The van der Waals surface area contributed by atoms with Crippen molar-refractivity contribution in [1.29, 1.82) is 0 Å².